The highest BCUT2D eigenvalue weighted by Crippen LogP contribution is 2.39. The summed E-state index contributed by atoms with van der Waals surface area (Å²) in [5, 5.41) is 3.88. The van der Waals surface area contributed by atoms with Crippen molar-refractivity contribution in [1.82, 2.24) is 9.97 Å². The van der Waals surface area contributed by atoms with Gasteiger partial charge in [-0.05, 0) is 50.3 Å². The summed E-state index contributed by atoms with van der Waals surface area (Å²) >= 11 is 1.71. The molecule has 6 heteroatoms. The van der Waals surface area contributed by atoms with Gasteiger partial charge in [-0.15, -0.1) is 11.3 Å². The van der Waals surface area contributed by atoms with E-state index in [-0.39, 0.29) is 12.5 Å². The van der Waals surface area contributed by atoms with Crippen molar-refractivity contribution >= 4 is 33.1 Å². The Bertz CT molecular complexity index is 965. The van der Waals surface area contributed by atoms with Crippen LogP contribution in [0.2, 0.25) is 0 Å². The number of fused-ring (bicyclic) bond motifs is 3. The van der Waals surface area contributed by atoms with Crippen LogP contribution >= 0.6 is 11.3 Å². The number of carbonyl (C=O) groups is 1. The van der Waals surface area contributed by atoms with Gasteiger partial charge in [0.05, 0.1) is 5.39 Å². The molecule has 0 atom stereocenters. The highest BCUT2D eigenvalue weighted by molar-refractivity contribution is 7.18. The van der Waals surface area contributed by atoms with Crippen molar-refractivity contribution in [1.29, 1.82) is 0 Å². The minimum atomic E-state index is -0.189. The fourth-order valence-corrected chi connectivity index (χ4v) is 4.50. The van der Waals surface area contributed by atoms with Gasteiger partial charge in [-0.3, -0.25) is 4.79 Å². The van der Waals surface area contributed by atoms with Gasteiger partial charge in [0.15, 0.2) is 6.61 Å². The monoisotopic (exact) mass is 353 g/mol. The van der Waals surface area contributed by atoms with E-state index in [4.69, 9.17) is 4.74 Å². The Balaban J connectivity index is 1.50. The lowest BCUT2D eigenvalue weighted by Gasteiger charge is -2.10. The van der Waals surface area contributed by atoms with E-state index in [1.165, 1.54) is 28.8 Å². The van der Waals surface area contributed by atoms with Crippen LogP contribution in [-0.2, 0) is 17.6 Å². The lowest BCUT2D eigenvalue weighted by molar-refractivity contribution is -0.118. The first-order chi connectivity index (χ1) is 12.1. The van der Waals surface area contributed by atoms with E-state index in [0.29, 0.717) is 5.88 Å². The second kappa shape index (κ2) is 6.44. The molecule has 0 spiro atoms. The second-order valence-electron chi connectivity index (χ2n) is 6.37. The number of carbonyl (C=O) groups excluding carboxylic acids is 1. The largest absolute Gasteiger partial charge is 0.467 e. The predicted molar refractivity (Wildman–Crippen MR) is 99.5 cm³/mol. The zero-order valence-electron chi connectivity index (χ0n) is 14.3. The number of rotatable bonds is 4. The Morgan fingerprint density at radius 3 is 3.00 bits per heavy atom. The molecule has 25 heavy (non-hydrogen) atoms. The lowest BCUT2D eigenvalue weighted by Crippen LogP contribution is -2.21. The number of aryl methyl sites for hydroxylation is 4. The molecule has 1 aliphatic rings. The number of hydrogen-bond donors (Lipinski definition) is 1. The first kappa shape index (κ1) is 16.0. The summed E-state index contributed by atoms with van der Waals surface area (Å²) in [7, 11) is 0. The maximum atomic E-state index is 12.3. The number of benzene rings is 1. The van der Waals surface area contributed by atoms with Crippen LogP contribution in [0.5, 0.6) is 5.88 Å². The van der Waals surface area contributed by atoms with E-state index >= 15 is 0 Å². The molecule has 0 bridgehead atoms. The van der Waals surface area contributed by atoms with Crippen molar-refractivity contribution in [3.63, 3.8) is 0 Å². The third-order valence-corrected chi connectivity index (χ3v) is 5.66. The summed E-state index contributed by atoms with van der Waals surface area (Å²) in [5.41, 5.74) is 4.31. The molecule has 0 aliphatic heterocycles. The van der Waals surface area contributed by atoms with Crippen LogP contribution in [0.4, 0.5) is 5.69 Å². The molecule has 0 unspecified atom stereocenters. The molecule has 1 amide bonds. The zero-order chi connectivity index (χ0) is 17.4. The maximum Gasteiger partial charge on any atom is 0.262 e. The normalized spacial score (nSPS) is 13.0. The van der Waals surface area contributed by atoms with Crippen LogP contribution in [0.25, 0.3) is 10.2 Å². The molecule has 0 saturated heterocycles. The van der Waals surface area contributed by atoms with E-state index in [1.807, 2.05) is 32.0 Å². The first-order valence-corrected chi connectivity index (χ1v) is 9.18. The third-order valence-electron chi connectivity index (χ3n) is 4.46. The number of nitrogens with zero attached hydrogens (tertiary/aromatic N) is 2. The van der Waals surface area contributed by atoms with Crippen molar-refractivity contribution in [3.05, 3.63) is 46.1 Å². The fourth-order valence-electron chi connectivity index (χ4n) is 3.28. The number of ether oxygens (including phenoxy) is 1. The minimum absolute atomic E-state index is 0.0654. The Morgan fingerprint density at radius 2 is 2.16 bits per heavy atom. The van der Waals surface area contributed by atoms with Gasteiger partial charge in [0.25, 0.3) is 5.91 Å². The highest BCUT2D eigenvalue weighted by Gasteiger charge is 2.22. The molecule has 1 aromatic carbocycles. The van der Waals surface area contributed by atoms with E-state index in [2.05, 4.69) is 15.3 Å². The Morgan fingerprint density at radius 1 is 1.28 bits per heavy atom. The van der Waals surface area contributed by atoms with Gasteiger partial charge in [0, 0.05) is 10.6 Å². The van der Waals surface area contributed by atoms with Crippen molar-refractivity contribution in [2.75, 3.05) is 11.9 Å². The summed E-state index contributed by atoms with van der Waals surface area (Å²) < 4.78 is 5.74. The molecule has 1 N–H and O–H groups in total. The van der Waals surface area contributed by atoms with Gasteiger partial charge in [-0.2, -0.15) is 0 Å². The molecule has 4 rings (SSSR count). The quantitative estimate of drug-likeness (QED) is 0.774. The summed E-state index contributed by atoms with van der Waals surface area (Å²) in [6, 6.07) is 5.93. The molecule has 0 saturated carbocycles. The van der Waals surface area contributed by atoms with Crippen LogP contribution in [0.3, 0.4) is 0 Å². The van der Waals surface area contributed by atoms with Gasteiger partial charge in [-0.25, -0.2) is 9.97 Å². The third kappa shape index (κ3) is 3.09. The summed E-state index contributed by atoms with van der Waals surface area (Å²) in [5.74, 6) is 0.325. The second-order valence-corrected chi connectivity index (χ2v) is 7.46. The number of nitrogens with one attached hydrogen (secondary N) is 1. The summed E-state index contributed by atoms with van der Waals surface area (Å²) in [6.07, 6.45) is 4.81. The molecule has 3 aromatic rings. The fraction of sp³-hybridized carbons (Fsp3) is 0.316. The number of aromatic nitrogens is 2. The maximum absolute atomic E-state index is 12.3. The number of anilines is 1. The van der Waals surface area contributed by atoms with Crippen LogP contribution in [-0.4, -0.2) is 22.5 Å². The molecule has 0 fully saturated rings. The molecule has 5 nitrogen and oxygen atoms in total. The van der Waals surface area contributed by atoms with Gasteiger partial charge >= 0.3 is 0 Å². The summed E-state index contributed by atoms with van der Waals surface area (Å²) in [4.78, 5) is 23.2. The number of thiophene rings is 1. The van der Waals surface area contributed by atoms with Crippen molar-refractivity contribution < 1.29 is 9.53 Å². The van der Waals surface area contributed by atoms with Crippen molar-refractivity contribution in [3.8, 4) is 5.88 Å². The molecule has 1 aliphatic carbocycles. The Hall–Kier alpha value is -2.47. The number of hydrogen-bond acceptors (Lipinski definition) is 5. The van der Waals surface area contributed by atoms with Gasteiger partial charge in [-0.1, -0.05) is 17.7 Å². The molecule has 128 valence electrons. The van der Waals surface area contributed by atoms with E-state index in [1.54, 1.807) is 11.3 Å². The SMILES string of the molecule is Cc1ccc(NC(=O)COc2ncnc3sc4c(c23)CCC4)c(C)c1. The smallest absolute Gasteiger partial charge is 0.262 e. The van der Waals surface area contributed by atoms with E-state index in [9.17, 15) is 4.79 Å². The highest BCUT2D eigenvalue weighted by atomic mass is 32.1. The Kier molecular flexibility index (Phi) is 4.13. The Labute approximate surface area is 150 Å². The average Bonchev–Trinajstić information content (AvgIpc) is 3.16. The standard InChI is InChI=1S/C19H19N3O2S/c1-11-6-7-14(12(2)8-11)22-16(23)9-24-18-17-13-4-3-5-15(13)25-19(17)21-10-20-18/h6-8,10H,3-5,9H2,1-2H3,(H,22,23). The lowest BCUT2D eigenvalue weighted by atomic mass is 10.1. The van der Waals surface area contributed by atoms with Crippen LogP contribution in [0.15, 0.2) is 24.5 Å². The average molecular weight is 353 g/mol. The van der Waals surface area contributed by atoms with Crippen LogP contribution in [0.1, 0.15) is 28.0 Å². The van der Waals surface area contributed by atoms with E-state index < -0.39 is 0 Å². The van der Waals surface area contributed by atoms with Crippen molar-refractivity contribution in [2.45, 2.75) is 33.1 Å². The zero-order valence-corrected chi connectivity index (χ0v) is 15.1. The molecular formula is C19H19N3O2S. The van der Waals surface area contributed by atoms with Crippen LogP contribution in [0, 0.1) is 13.8 Å². The molecular weight excluding hydrogens is 334 g/mol. The molecule has 2 aromatic heterocycles. The topological polar surface area (TPSA) is 64.1 Å². The first-order valence-electron chi connectivity index (χ1n) is 8.37. The minimum Gasteiger partial charge on any atom is -0.467 e. The number of amides is 1. The molecule has 0 radical (unpaired) electrons. The van der Waals surface area contributed by atoms with Gasteiger partial charge in [0.1, 0.15) is 11.2 Å². The predicted octanol–water partition coefficient (Wildman–Crippen LogP) is 3.81. The van der Waals surface area contributed by atoms with Gasteiger partial charge in [0.2, 0.25) is 5.88 Å². The van der Waals surface area contributed by atoms with Crippen LogP contribution < -0.4 is 10.1 Å². The molecule has 2 heterocycles. The van der Waals surface area contributed by atoms with Crippen molar-refractivity contribution in [2.24, 2.45) is 0 Å². The van der Waals surface area contributed by atoms with Gasteiger partial charge < -0.3 is 10.1 Å². The van der Waals surface area contributed by atoms with E-state index in [0.717, 1.165) is 34.3 Å². The summed E-state index contributed by atoms with van der Waals surface area (Å²) in [6.45, 7) is 3.94.